The highest BCUT2D eigenvalue weighted by Gasteiger charge is 2.31. The van der Waals surface area contributed by atoms with Crippen LogP contribution in [0.25, 0.3) is 0 Å². The summed E-state index contributed by atoms with van der Waals surface area (Å²) in [5.74, 6) is -0.240. The average molecular weight is 317 g/mol. The molecule has 21 heavy (non-hydrogen) atoms. The second kappa shape index (κ2) is 9.15. The number of urea groups is 1. The van der Waals surface area contributed by atoms with Crippen LogP contribution < -0.4 is 5.32 Å². The monoisotopic (exact) mass is 317 g/mol. The number of carboxylic acid groups (broad SMARTS) is 1. The van der Waals surface area contributed by atoms with Crippen molar-refractivity contribution in [3.63, 3.8) is 0 Å². The van der Waals surface area contributed by atoms with Crippen molar-refractivity contribution in [1.29, 1.82) is 0 Å². The van der Waals surface area contributed by atoms with Gasteiger partial charge in [-0.2, -0.15) is 11.8 Å². The third kappa shape index (κ3) is 5.39. The molecule has 0 spiro atoms. The Kier molecular flexibility index (Phi) is 7.88. The standard InChI is InChI=1S/C14H27N3O3S/c1-4-16(5-2)11-6-8-17(10-11)14(20)15-12(13(18)19)7-9-21-3/h11-12H,4-10H2,1-3H3,(H,15,20)(H,18,19)/t11?,12-/m0/s1. The van der Waals surface area contributed by atoms with Crippen molar-refractivity contribution in [3.8, 4) is 0 Å². The van der Waals surface area contributed by atoms with Gasteiger partial charge in [0.2, 0.25) is 0 Å². The first-order valence-electron chi connectivity index (χ1n) is 7.54. The van der Waals surface area contributed by atoms with Gasteiger partial charge in [-0.05, 0) is 37.9 Å². The average Bonchev–Trinajstić information content (AvgIpc) is 2.94. The molecule has 0 bridgehead atoms. The maximum absolute atomic E-state index is 12.2. The third-order valence-electron chi connectivity index (χ3n) is 3.99. The highest BCUT2D eigenvalue weighted by molar-refractivity contribution is 7.98. The Hall–Kier alpha value is -0.950. The van der Waals surface area contributed by atoms with Crippen molar-refractivity contribution in [2.75, 3.05) is 38.2 Å². The number of likely N-dealkylation sites (N-methyl/N-ethyl adjacent to an activating group) is 1. The number of nitrogens with zero attached hydrogens (tertiary/aromatic N) is 2. The first-order chi connectivity index (χ1) is 10.0. The molecule has 7 heteroatoms. The van der Waals surface area contributed by atoms with E-state index in [9.17, 15) is 9.59 Å². The van der Waals surface area contributed by atoms with Gasteiger partial charge >= 0.3 is 12.0 Å². The van der Waals surface area contributed by atoms with Gasteiger partial charge in [-0.3, -0.25) is 4.90 Å². The lowest BCUT2D eigenvalue weighted by Crippen LogP contribution is -2.48. The number of carbonyl (C=O) groups is 2. The van der Waals surface area contributed by atoms with E-state index in [-0.39, 0.29) is 6.03 Å². The fourth-order valence-corrected chi connectivity index (χ4v) is 3.17. The fourth-order valence-electron chi connectivity index (χ4n) is 2.70. The van der Waals surface area contributed by atoms with Crippen LogP contribution in [-0.2, 0) is 4.79 Å². The van der Waals surface area contributed by atoms with E-state index in [4.69, 9.17) is 5.11 Å². The minimum atomic E-state index is -0.961. The van der Waals surface area contributed by atoms with Crippen molar-refractivity contribution in [3.05, 3.63) is 0 Å². The highest BCUT2D eigenvalue weighted by Crippen LogP contribution is 2.15. The number of hydrogen-bond donors (Lipinski definition) is 2. The summed E-state index contributed by atoms with van der Waals surface area (Å²) in [7, 11) is 0. The molecule has 2 atom stereocenters. The molecule has 0 aromatic rings. The molecule has 1 rings (SSSR count). The molecular weight excluding hydrogens is 290 g/mol. The van der Waals surface area contributed by atoms with Gasteiger partial charge in [0.15, 0.2) is 0 Å². The smallest absolute Gasteiger partial charge is 0.326 e. The molecule has 0 aromatic heterocycles. The number of carboxylic acids is 1. The Morgan fingerprint density at radius 3 is 2.62 bits per heavy atom. The zero-order valence-corrected chi connectivity index (χ0v) is 14.0. The summed E-state index contributed by atoms with van der Waals surface area (Å²) in [5.41, 5.74) is 0. The topological polar surface area (TPSA) is 72.9 Å². The van der Waals surface area contributed by atoms with Gasteiger partial charge < -0.3 is 15.3 Å². The Morgan fingerprint density at radius 2 is 2.10 bits per heavy atom. The zero-order valence-electron chi connectivity index (χ0n) is 13.2. The predicted molar refractivity (Wildman–Crippen MR) is 85.9 cm³/mol. The van der Waals surface area contributed by atoms with Crippen LogP contribution >= 0.6 is 11.8 Å². The van der Waals surface area contributed by atoms with Crippen molar-refractivity contribution < 1.29 is 14.7 Å². The van der Waals surface area contributed by atoms with Crippen LogP contribution in [0, 0.1) is 0 Å². The number of likely N-dealkylation sites (tertiary alicyclic amines) is 1. The van der Waals surface area contributed by atoms with Crippen LogP contribution in [0.3, 0.4) is 0 Å². The van der Waals surface area contributed by atoms with Crippen LogP contribution in [0.1, 0.15) is 26.7 Å². The van der Waals surface area contributed by atoms with E-state index in [1.54, 1.807) is 16.7 Å². The van der Waals surface area contributed by atoms with E-state index in [2.05, 4.69) is 24.1 Å². The van der Waals surface area contributed by atoms with Crippen molar-refractivity contribution in [2.24, 2.45) is 0 Å². The lowest BCUT2D eigenvalue weighted by Gasteiger charge is -2.26. The summed E-state index contributed by atoms with van der Waals surface area (Å²) in [6.45, 7) is 7.57. The van der Waals surface area contributed by atoms with E-state index in [1.165, 1.54) is 0 Å². The zero-order chi connectivity index (χ0) is 15.8. The normalized spacial score (nSPS) is 19.8. The molecule has 1 aliphatic rings. The lowest BCUT2D eigenvalue weighted by molar-refractivity contribution is -0.139. The summed E-state index contributed by atoms with van der Waals surface area (Å²) in [5, 5.41) is 11.8. The number of hydrogen-bond acceptors (Lipinski definition) is 4. The number of rotatable bonds is 8. The summed E-state index contributed by atoms with van der Waals surface area (Å²) >= 11 is 1.58. The maximum Gasteiger partial charge on any atom is 0.326 e. The van der Waals surface area contributed by atoms with Crippen LogP contribution in [0.15, 0.2) is 0 Å². The third-order valence-corrected chi connectivity index (χ3v) is 4.63. The number of nitrogens with one attached hydrogen (secondary N) is 1. The minimum Gasteiger partial charge on any atom is -0.480 e. The lowest BCUT2D eigenvalue weighted by atomic mass is 10.2. The molecular formula is C14H27N3O3S. The molecule has 2 amide bonds. The summed E-state index contributed by atoms with van der Waals surface area (Å²) in [4.78, 5) is 27.4. The van der Waals surface area contributed by atoms with E-state index in [0.29, 0.717) is 25.6 Å². The molecule has 6 nitrogen and oxygen atoms in total. The predicted octanol–water partition coefficient (Wildman–Crippen LogP) is 1.32. The quantitative estimate of drug-likeness (QED) is 0.706. The summed E-state index contributed by atoms with van der Waals surface area (Å²) < 4.78 is 0. The van der Waals surface area contributed by atoms with Gasteiger partial charge in [0.1, 0.15) is 6.04 Å². The van der Waals surface area contributed by atoms with Crippen LogP contribution in [0.5, 0.6) is 0 Å². The van der Waals surface area contributed by atoms with Crippen molar-refractivity contribution >= 4 is 23.8 Å². The summed E-state index contributed by atoms with van der Waals surface area (Å²) in [6.07, 6.45) is 3.34. The van der Waals surface area contributed by atoms with Gasteiger partial charge in [-0.1, -0.05) is 13.8 Å². The fraction of sp³-hybridized carbons (Fsp3) is 0.857. The van der Waals surface area contributed by atoms with Gasteiger partial charge in [0.05, 0.1) is 0 Å². The maximum atomic E-state index is 12.2. The first-order valence-corrected chi connectivity index (χ1v) is 8.94. The molecule has 1 unspecified atom stereocenters. The molecule has 1 heterocycles. The van der Waals surface area contributed by atoms with Crippen LogP contribution in [0.2, 0.25) is 0 Å². The molecule has 0 aromatic carbocycles. The minimum absolute atomic E-state index is 0.252. The van der Waals surface area contributed by atoms with E-state index in [1.807, 2.05) is 6.26 Å². The Balaban J connectivity index is 2.50. The molecule has 1 saturated heterocycles. The van der Waals surface area contributed by atoms with Gasteiger partial charge in [0.25, 0.3) is 0 Å². The Bertz CT molecular complexity index is 350. The molecule has 0 aliphatic carbocycles. The van der Waals surface area contributed by atoms with Gasteiger partial charge in [-0.25, -0.2) is 9.59 Å². The van der Waals surface area contributed by atoms with E-state index >= 15 is 0 Å². The van der Waals surface area contributed by atoms with Crippen LogP contribution in [-0.4, -0.2) is 77.2 Å². The SMILES string of the molecule is CCN(CC)C1CCN(C(=O)N[C@@H](CCSC)C(=O)O)C1. The first kappa shape index (κ1) is 18.1. The molecule has 0 saturated carbocycles. The van der Waals surface area contributed by atoms with Crippen molar-refractivity contribution in [2.45, 2.75) is 38.8 Å². The number of aliphatic carboxylic acids is 1. The highest BCUT2D eigenvalue weighted by atomic mass is 32.2. The van der Waals surface area contributed by atoms with Gasteiger partial charge in [0, 0.05) is 19.1 Å². The van der Waals surface area contributed by atoms with Gasteiger partial charge in [-0.15, -0.1) is 0 Å². The molecule has 122 valence electrons. The Labute approximate surface area is 131 Å². The van der Waals surface area contributed by atoms with Crippen molar-refractivity contribution in [1.82, 2.24) is 15.1 Å². The summed E-state index contributed by atoms with van der Waals surface area (Å²) in [6, 6.07) is -0.657. The molecule has 0 radical (unpaired) electrons. The number of carbonyl (C=O) groups excluding carboxylic acids is 1. The Morgan fingerprint density at radius 1 is 1.43 bits per heavy atom. The number of thioether (sulfide) groups is 1. The second-order valence-electron chi connectivity index (χ2n) is 5.23. The van der Waals surface area contributed by atoms with E-state index < -0.39 is 12.0 Å². The molecule has 2 N–H and O–H groups in total. The molecule has 1 fully saturated rings. The largest absolute Gasteiger partial charge is 0.480 e. The number of amides is 2. The second-order valence-corrected chi connectivity index (χ2v) is 6.22. The van der Waals surface area contributed by atoms with Crippen LogP contribution in [0.4, 0.5) is 4.79 Å². The molecule has 1 aliphatic heterocycles. The van der Waals surface area contributed by atoms with E-state index in [0.717, 1.165) is 25.3 Å².